The maximum atomic E-state index is 14.2. The van der Waals surface area contributed by atoms with Crippen LogP contribution in [0, 0.1) is 35.0 Å². The first kappa shape index (κ1) is 26.4. The minimum Gasteiger partial charge on any atom is -0.511 e. The number of Topliss-reactive ketones (excluding diaryl/α,β-unsaturated/α-hetero) is 2. The molecule has 5 N–H and O–H groups in total. The van der Waals surface area contributed by atoms with Crippen molar-refractivity contribution in [1.29, 1.82) is 0 Å². The van der Waals surface area contributed by atoms with Crippen LogP contribution in [0.3, 0.4) is 0 Å². The number of benzene rings is 1. The van der Waals surface area contributed by atoms with Gasteiger partial charge in [0.25, 0.3) is 5.91 Å². The molecule has 0 spiro atoms. The van der Waals surface area contributed by atoms with Gasteiger partial charge in [0.2, 0.25) is 0 Å². The van der Waals surface area contributed by atoms with Gasteiger partial charge in [-0.05, 0) is 61.9 Å². The van der Waals surface area contributed by atoms with Crippen molar-refractivity contribution in [1.82, 2.24) is 4.90 Å². The Bertz CT molecular complexity index is 1250. The molecule has 196 valence electrons. The van der Waals surface area contributed by atoms with E-state index in [4.69, 9.17) is 5.73 Å². The third kappa shape index (κ3) is 2.54. The average molecular weight is 499 g/mol. The number of carbonyl (C=O) groups excluding carboxylic acids is 3. The molecule has 0 bridgehead atoms. The molecule has 3 aliphatic rings. The van der Waals surface area contributed by atoms with E-state index in [0.29, 0.717) is 0 Å². The Morgan fingerprint density at radius 1 is 1.00 bits per heavy atom. The van der Waals surface area contributed by atoms with Crippen LogP contribution < -0.4 is 5.73 Å². The lowest BCUT2D eigenvalue weighted by molar-refractivity contribution is -0.235. The number of phenols is 1. The SMILES string of the molecule is Cc1ccc(O)c2c1C(C)(C)C1(C)C(C2=O)C(O)C2(C)C(O)=C(C(N)=O)C(=O)C(N(C)C)C2(C)C1C. The fraction of sp³-hybridized carbons (Fsp3) is 0.607. The van der Waals surface area contributed by atoms with Crippen molar-refractivity contribution in [3.63, 3.8) is 0 Å². The van der Waals surface area contributed by atoms with E-state index in [2.05, 4.69) is 0 Å². The third-order valence-electron chi connectivity index (χ3n) is 10.9. The van der Waals surface area contributed by atoms with Gasteiger partial charge in [-0.25, -0.2) is 0 Å². The summed E-state index contributed by atoms with van der Waals surface area (Å²) in [5, 5.41) is 34.5. The summed E-state index contributed by atoms with van der Waals surface area (Å²) in [4.78, 5) is 42.0. The van der Waals surface area contributed by atoms with Crippen LogP contribution in [0.5, 0.6) is 5.75 Å². The summed E-state index contributed by atoms with van der Waals surface area (Å²) in [6, 6.07) is 2.36. The first-order valence-corrected chi connectivity index (χ1v) is 12.4. The zero-order valence-electron chi connectivity index (χ0n) is 22.6. The Hall–Kier alpha value is -2.71. The summed E-state index contributed by atoms with van der Waals surface area (Å²) < 4.78 is 0. The van der Waals surface area contributed by atoms with E-state index >= 15 is 0 Å². The number of nitrogens with two attached hydrogens (primary N) is 1. The maximum Gasteiger partial charge on any atom is 0.255 e. The molecule has 1 saturated carbocycles. The number of aromatic hydroxyl groups is 1. The molecule has 7 atom stereocenters. The lowest BCUT2D eigenvalue weighted by Crippen LogP contribution is -2.77. The highest BCUT2D eigenvalue weighted by Gasteiger charge is 2.77. The van der Waals surface area contributed by atoms with Crippen molar-refractivity contribution in [2.45, 2.75) is 66.0 Å². The molecule has 0 saturated heterocycles. The number of primary amides is 1. The minimum absolute atomic E-state index is 0.156. The summed E-state index contributed by atoms with van der Waals surface area (Å²) in [6.07, 6.45) is -1.48. The van der Waals surface area contributed by atoms with Gasteiger partial charge in [-0.1, -0.05) is 40.7 Å². The molecule has 1 aromatic carbocycles. The zero-order chi connectivity index (χ0) is 27.5. The number of aliphatic hydroxyl groups excluding tert-OH is 2. The number of phenolic OH excluding ortho intramolecular Hbond substituents is 1. The van der Waals surface area contributed by atoms with E-state index in [1.54, 1.807) is 32.0 Å². The first-order chi connectivity index (χ1) is 16.4. The highest BCUT2D eigenvalue weighted by molar-refractivity contribution is 6.22. The van der Waals surface area contributed by atoms with Crippen molar-refractivity contribution in [3.05, 3.63) is 40.2 Å². The first-order valence-electron chi connectivity index (χ1n) is 12.4. The van der Waals surface area contributed by atoms with Crippen LogP contribution >= 0.6 is 0 Å². The highest BCUT2D eigenvalue weighted by Crippen LogP contribution is 2.73. The van der Waals surface area contributed by atoms with Crippen LogP contribution in [0.1, 0.15) is 63.0 Å². The van der Waals surface area contributed by atoms with Gasteiger partial charge in [0.05, 0.1) is 29.0 Å². The summed E-state index contributed by atoms with van der Waals surface area (Å²) in [5.41, 5.74) is 2.48. The standard InChI is InChI=1S/C28H38N2O6/c1-12-10-11-14(31)15-17(12)25(3,4)26(5)13(2)27(6)21(30(8)9)20(33)16(24(29)36)22(34)28(27,7)23(35)18(26)19(15)32/h10-11,13,18,21,23,31,34-35H,1-9H3,(H2,29,36). The van der Waals surface area contributed by atoms with Crippen LogP contribution in [-0.4, -0.2) is 63.9 Å². The quantitative estimate of drug-likeness (QED) is 0.459. The van der Waals surface area contributed by atoms with E-state index in [9.17, 15) is 29.7 Å². The maximum absolute atomic E-state index is 14.2. The fourth-order valence-corrected chi connectivity index (χ4v) is 8.55. The predicted octanol–water partition coefficient (Wildman–Crippen LogP) is 2.63. The molecule has 7 unspecified atom stereocenters. The number of fused-ring (bicyclic) bond motifs is 3. The molecule has 0 aliphatic heterocycles. The number of amides is 1. The summed E-state index contributed by atoms with van der Waals surface area (Å²) in [7, 11) is 3.44. The molecule has 8 heteroatoms. The Morgan fingerprint density at radius 2 is 1.56 bits per heavy atom. The van der Waals surface area contributed by atoms with Crippen LogP contribution in [0.2, 0.25) is 0 Å². The summed E-state index contributed by atoms with van der Waals surface area (Å²) in [6.45, 7) is 13.3. The molecule has 0 radical (unpaired) electrons. The van der Waals surface area contributed by atoms with Crippen LogP contribution in [0.25, 0.3) is 0 Å². The Morgan fingerprint density at radius 3 is 2.06 bits per heavy atom. The van der Waals surface area contributed by atoms with Gasteiger partial charge < -0.3 is 21.1 Å². The smallest absolute Gasteiger partial charge is 0.255 e. The molecule has 8 nitrogen and oxygen atoms in total. The molecule has 1 fully saturated rings. The summed E-state index contributed by atoms with van der Waals surface area (Å²) in [5.74, 6) is -4.28. The average Bonchev–Trinajstić information content (AvgIpc) is 2.75. The Kier molecular flexibility index (Phi) is 5.43. The number of hydrogen-bond acceptors (Lipinski definition) is 7. The van der Waals surface area contributed by atoms with Gasteiger partial charge in [-0.2, -0.15) is 0 Å². The van der Waals surface area contributed by atoms with Crippen molar-refractivity contribution in [2.75, 3.05) is 14.1 Å². The minimum atomic E-state index is -1.56. The van der Waals surface area contributed by atoms with Gasteiger partial charge >= 0.3 is 0 Å². The Balaban J connectivity index is 2.17. The lowest BCUT2D eigenvalue weighted by Gasteiger charge is -2.72. The number of ketones is 2. The molecule has 0 aromatic heterocycles. The van der Waals surface area contributed by atoms with Gasteiger partial charge in [-0.3, -0.25) is 19.3 Å². The molecular weight excluding hydrogens is 460 g/mol. The predicted molar refractivity (Wildman–Crippen MR) is 135 cm³/mol. The molecule has 4 rings (SSSR count). The number of aliphatic hydroxyl groups is 2. The second kappa shape index (κ2) is 7.42. The van der Waals surface area contributed by atoms with Crippen molar-refractivity contribution in [3.8, 4) is 5.75 Å². The van der Waals surface area contributed by atoms with E-state index in [1.165, 1.54) is 6.07 Å². The van der Waals surface area contributed by atoms with Gasteiger partial charge in [0, 0.05) is 5.41 Å². The van der Waals surface area contributed by atoms with Crippen molar-refractivity contribution in [2.24, 2.45) is 33.8 Å². The number of likely N-dealkylation sites (N-methyl/N-ethyl adjacent to an activating group) is 1. The van der Waals surface area contributed by atoms with E-state index in [0.717, 1.165) is 11.1 Å². The molecule has 1 aromatic rings. The molecule has 0 heterocycles. The second-order valence-electron chi connectivity index (χ2n) is 12.4. The number of aryl methyl sites for hydroxylation is 1. The van der Waals surface area contributed by atoms with E-state index in [-0.39, 0.29) is 11.3 Å². The topological polar surface area (TPSA) is 141 Å². The van der Waals surface area contributed by atoms with Crippen LogP contribution in [0.15, 0.2) is 23.5 Å². The zero-order valence-corrected chi connectivity index (χ0v) is 22.6. The molecule has 1 amide bonds. The molecule has 36 heavy (non-hydrogen) atoms. The second-order valence-corrected chi connectivity index (χ2v) is 12.4. The van der Waals surface area contributed by atoms with Crippen molar-refractivity contribution < 1.29 is 29.7 Å². The van der Waals surface area contributed by atoms with Crippen LogP contribution in [-0.2, 0) is 15.0 Å². The van der Waals surface area contributed by atoms with E-state index in [1.807, 2.05) is 41.5 Å². The number of hydrogen-bond donors (Lipinski definition) is 4. The fourth-order valence-electron chi connectivity index (χ4n) is 8.55. The van der Waals surface area contributed by atoms with Gasteiger partial charge in [0.1, 0.15) is 17.1 Å². The largest absolute Gasteiger partial charge is 0.511 e. The highest BCUT2D eigenvalue weighted by atomic mass is 16.3. The number of nitrogens with zero attached hydrogens (tertiary/aromatic N) is 1. The third-order valence-corrected chi connectivity index (χ3v) is 10.9. The number of rotatable bonds is 2. The van der Waals surface area contributed by atoms with Crippen LogP contribution in [0.4, 0.5) is 0 Å². The molecule has 3 aliphatic carbocycles. The van der Waals surface area contributed by atoms with Crippen molar-refractivity contribution >= 4 is 17.5 Å². The Labute approximate surface area is 212 Å². The van der Waals surface area contributed by atoms with Gasteiger partial charge in [0.15, 0.2) is 11.6 Å². The van der Waals surface area contributed by atoms with Gasteiger partial charge in [-0.15, -0.1) is 0 Å². The van der Waals surface area contributed by atoms with E-state index < -0.39 is 74.4 Å². The molecular formula is C28H38N2O6. The summed E-state index contributed by atoms with van der Waals surface area (Å²) >= 11 is 0. The monoisotopic (exact) mass is 498 g/mol. The number of carbonyl (C=O) groups is 3. The normalized spacial score (nSPS) is 39.5. The lowest BCUT2D eigenvalue weighted by atomic mass is 9.32.